The first kappa shape index (κ1) is 17.8. The van der Waals surface area contributed by atoms with Crippen LogP contribution in [-0.4, -0.2) is 36.2 Å². The molecule has 2 heterocycles. The molecule has 0 bridgehead atoms. The highest BCUT2D eigenvalue weighted by Gasteiger charge is 2.39. The van der Waals surface area contributed by atoms with Crippen molar-refractivity contribution < 1.29 is 13.2 Å². The van der Waals surface area contributed by atoms with Gasteiger partial charge in [0.05, 0.1) is 17.1 Å². The number of halogens is 1. The first-order valence-electron chi connectivity index (χ1n) is 7.93. The zero-order chi connectivity index (χ0) is 17.9. The lowest BCUT2D eigenvalue weighted by atomic mass is 10.2. The van der Waals surface area contributed by atoms with Crippen molar-refractivity contribution in [1.82, 2.24) is 14.6 Å². The van der Waals surface area contributed by atoms with E-state index in [9.17, 15) is 13.2 Å². The molecule has 1 saturated heterocycles. The summed E-state index contributed by atoms with van der Waals surface area (Å²) in [5.41, 5.74) is 0.723. The topological polar surface area (TPSA) is 79.4 Å². The predicted molar refractivity (Wildman–Crippen MR) is 94.4 cm³/mol. The molecular weight excluding hydrogens is 362 g/mol. The number of rotatable bonds is 5. The minimum atomic E-state index is -3.73. The Kier molecular flexibility index (Phi) is 5.36. The van der Waals surface area contributed by atoms with Gasteiger partial charge in [0, 0.05) is 17.8 Å². The first-order valence-corrected chi connectivity index (χ1v) is 9.75. The summed E-state index contributed by atoms with van der Waals surface area (Å²) < 4.78 is 26.9. The molecule has 0 unspecified atom stereocenters. The van der Waals surface area contributed by atoms with Crippen LogP contribution in [0.2, 0.25) is 5.02 Å². The number of pyridine rings is 1. The van der Waals surface area contributed by atoms with Crippen molar-refractivity contribution in [2.24, 2.45) is 0 Å². The summed E-state index contributed by atoms with van der Waals surface area (Å²) in [6, 6.07) is 10.7. The van der Waals surface area contributed by atoms with Crippen molar-refractivity contribution in [2.75, 3.05) is 6.54 Å². The number of sulfonamides is 1. The van der Waals surface area contributed by atoms with Crippen molar-refractivity contribution in [2.45, 2.75) is 30.3 Å². The van der Waals surface area contributed by atoms with E-state index in [-0.39, 0.29) is 17.3 Å². The molecule has 25 heavy (non-hydrogen) atoms. The molecule has 6 nitrogen and oxygen atoms in total. The van der Waals surface area contributed by atoms with Gasteiger partial charge in [-0.1, -0.05) is 17.7 Å². The van der Waals surface area contributed by atoms with Gasteiger partial charge in [0.15, 0.2) is 0 Å². The summed E-state index contributed by atoms with van der Waals surface area (Å²) in [4.78, 5) is 16.8. The minimum Gasteiger partial charge on any atom is -0.349 e. The van der Waals surface area contributed by atoms with Gasteiger partial charge in [0.2, 0.25) is 15.9 Å². The van der Waals surface area contributed by atoms with Gasteiger partial charge < -0.3 is 5.32 Å². The predicted octanol–water partition coefficient (Wildman–Crippen LogP) is 2.20. The van der Waals surface area contributed by atoms with Crippen LogP contribution in [0.15, 0.2) is 53.6 Å². The normalized spacial score (nSPS) is 18.2. The van der Waals surface area contributed by atoms with E-state index in [1.165, 1.54) is 28.6 Å². The quantitative estimate of drug-likeness (QED) is 0.863. The van der Waals surface area contributed by atoms with Crippen LogP contribution in [0.25, 0.3) is 0 Å². The number of aromatic nitrogens is 1. The fraction of sp³-hybridized carbons (Fsp3) is 0.294. The average Bonchev–Trinajstić information content (AvgIpc) is 3.12. The Morgan fingerprint density at radius 2 is 2.00 bits per heavy atom. The second-order valence-corrected chi connectivity index (χ2v) is 8.09. The lowest BCUT2D eigenvalue weighted by Gasteiger charge is -2.23. The Balaban J connectivity index is 1.73. The number of hydrogen-bond donors (Lipinski definition) is 1. The Morgan fingerprint density at radius 3 is 2.68 bits per heavy atom. The number of amides is 1. The van der Waals surface area contributed by atoms with E-state index in [0.717, 1.165) is 5.69 Å². The summed E-state index contributed by atoms with van der Waals surface area (Å²) in [6.45, 7) is 0.595. The van der Waals surface area contributed by atoms with Crippen molar-refractivity contribution in [3.05, 3.63) is 59.4 Å². The van der Waals surface area contributed by atoms with Crippen LogP contribution >= 0.6 is 11.6 Å². The monoisotopic (exact) mass is 379 g/mol. The third-order valence-corrected chi connectivity index (χ3v) is 6.27. The molecule has 0 saturated carbocycles. The molecule has 0 radical (unpaired) electrons. The molecule has 1 aliphatic heterocycles. The summed E-state index contributed by atoms with van der Waals surface area (Å²) in [5, 5.41) is 3.24. The lowest BCUT2D eigenvalue weighted by molar-refractivity contribution is -0.124. The highest BCUT2D eigenvalue weighted by molar-refractivity contribution is 7.89. The van der Waals surface area contributed by atoms with Crippen molar-refractivity contribution in [3.63, 3.8) is 0 Å². The van der Waals surface area contributed by atoms with E-state index in [4.69, 9.17) is 11.6 Å². The van der Waals surface area contributed by atoms with Gasteiger partial charge in [-0.25, -0.2) is 8.42 Å². The number of carbonyl (C=O) groups is 1. The van der Waals surface area contributed by atoms with Crippen LogP contribution in [0.3, 0.4) is 0 Å². The number of nitrogens with one attached hydrogen (secondary N) is 1. The molecule has 1 aliphatic rings. The number of benzene rings is 1. The van der Waals surface area contributed by atoms with Crippen LogP contribution in [0.5, 0.6) is 0 Å². The number of nitrogens with zero attached hydrogens (tertiary/aromatic N) is 2. The SMILES string of the molecule is O=C(NCc1ccccn1)[C@@H]1CCCN1S(=O)(=O)c1ccc(Cl)cc1. The molecule has 8 heteroatoms. The summed E-state index contributed by atoms with van der Waals surface area (Å²) in [6.07, 6.45) is 2.80. The van der Waals surface area contributed by atoms with E-state index >= 15 is 0 Å². The lowest BCUT2D eigenvalue weighted by Crippen LogP contribution is -2.45. The molecule has 1 aromatic heterocycles. The molecule has 2 aromatic rings. The molecule has 1 atom stereocenters. The Morgan fingerprint density at radius 1 is 1.24 bits per heavy atom. The van der Waals surface area contributed by atoms with E-state index in [0.29, 0.717) is 24.4 Å². The Labute approximate surface area is 151 Å². The van der Waals surface area contributed by atoms with Crippen LogP contribution < -0.4 is 5.32 Å². The maximum absolute atomic E-state index is 12.8. The highest BCUT2D eigenvalue weighted by atomic mass is 35.5. The third kappa shape index (κ3) is 4.00. The molecule has 1 N–H and O–H groups in total. The van der Waals surface area contributed by atoms with Crippen LogP contribution in [-0.2, 0) is 21.4 Å². The van der Waals surface area contributed by atoms with Gasteiger partial charge >= 0.3 is 0 Å². The van der Waals surface area contributed by atoms with Crippen molar-refractivity contribution in [1.29, 1.82) is 0 Å². The van der Waals surface area contributed by atoms with Gasteiger partial charge in [0.25, 0.3) is 0 Å². The maximum Gasteiger partial charge on any atom is 0.243 e. The average molecular weight is 380 g/mol. The molecule has 0 aliphatic carbocycles. The number of hydrogen-bond acceptors (Lipinski definition) is 4. The fourth-order valence-electron chi connectivity index (χ4n) is 2.83. The van der Waals surface area contributed by atoms with E-state index in [1.807, 2.05) is 6.07 Å². The second-order valence-electron chi connectivity index (χ2n) is 5.77. The molecule has 3 rings (SSSR count). The molecule has 1 aromatic carbocycles. The van der Waals surface area contributed by atoms with Gasteiger partial charge in [0.1, 0.15) is 6.04 Å². The van der Waals surface area contributed by atoms with Gasteiger partial charge in [-0.2, -0.15) is 4.31 Å². The smallest absolute Gasteiger partial charge is 0.243 e. The zero-order valence-corrected chi connectivity index (χ0v) is 15.0. The molecule has 1 amide bonds. The van der Waals surface area contributed by atoms with Crippen LogP contribution in [0.1, 0.15) is 18.5 Å². The maximum atomic E-state index is 12.8. The van der Waals surface area contributed by atoms with E-state index in [2.05, 4.69) is 10.3 Å². The molecular formula is C17H18ClN3O3S. The van der Waals surface area contributed by atoms with E-state index < -0.39 is 16.1 Å². The van der Waals surface area contributed by atoms with Gasteiger partial charge in [-0.3, -0.25) is 9.78 Å². The Hall–Kier alpha value is -1.96. The highest BCUT2D eigenvalue weighted by Crippen LogP contribution is 2.27. The molecule has 0 spiro atoms. The Bertz CT molecular complexity index is 841. The third-order valence-electron chi connectivity index (χ3n) is 4.10. The number of carbonyl (C=O) groups excluding carboxylic acids is 1. The van der Waals surface area contributed by atoms with Crippen LogP contribution in [0, 0.1) is 0 Å². The van der Waals surface area contributed by atoms with Crippen LogP contribution in [0.4, 0.5) is 0 Å². The fourth-order valence-corrected chi connectivity index (χ4v) is 4.61. The first-order chi connectivity index (χ1) is 12.0. The van der Waals surface area contributed by atoms with Gasteiger partial charge in [-0.05, 0) is 49.2 Å². The molecule has 1 fully saturated rings. The molecule has 132 valence electrons. The summed E-state index contributed by atoms with van der Waals surface area (Å²) in [5.74, 6) is -0.305. The standard InChI is InChI=1S/C17H18ClN3O3S/c18-13-6-8-15(9-7-13)25(23,24)21-11-3-5-16(21)17(22)20-12-14-4-1-2-10-19-14/h1-2,4,6-10,16H,3,5,11-12H2,(H,20,22)/t16-/m0/s1. The summed E-state index contributed by atoms with van der Waals surface area (Å²) >= 11 is 5.82. The largest absolute Gasteiger partial charge is 0.349 e. The second kappa shape index (κ2) is 7.51. The van der Waals surface area contributed by atoms with Crippen molar-refractivity contribution >= 4 is 27.5 Å². The van der Waals surface area contributed by atoms with E-state index in [1.54, 1.807) is 18.3 Å². The van der Waals surface area contributed by atoms with Gasteiger partial charge in [-0.15, -0.1) is 0 Å². The zero-order valence-electron chi connectivity index (χ0n) is 13.4. The minimum absolute atomic E-state index is 0.140. The summed E-state index contributed by atoms with van der Waals surface area (Å²) in [7, 11) is -3.73. The van der Waals surface area contributed by atoms with Crippen molar-refractivity contribution in [3.8, 4) is 0 Å².